The Hall–Kier alpha value is -4.17. The third kappa shape index (κ3) is 3.32. The molecule has 1 saturated heterocycles. The fourth-order valence-corrected chi connectivity index (χ4v) is 4.28. The van der Waals surface area contributed by atoms with Crippen molar-refractivity contribution in [1.82, 2.24) is 39.6 Å². The fourth-order valence-electron chi connectivity index (χ4n) is 4.28. The average Bonchev–Trinajstić information content (AvgIpc) is 3.45. The second-order valence-corrected chi connectivity index (χ2v) is 8.76. The molecule has 1 amide bonds. The number of aromatic amines is 1. The second kappa shape index (κ2) is 7.46. The van der Waals surface area contributed by atoms with Crippen LogP contribution in [0.15, 0.2) is 43.4 Å². The quantitative estimate of drug-likeness (QED) is 0.456. The molecule has 1 aliphatic rings. The highest BCUT2D eigenvalue weighted by Gasteiger charge is 2.51. The maximum absolute atomic E-state index is 11.3. The molecule has 0 unspecified atom stereocenters. The molecular weight excluding hydrogens is 420 g/mol. The number of rotatable bonds is 6. The highest BCUT2D eigenvalue weighted by molar-refractivity contribution is 5.90. The third-order valence-electron chi connectivity index (χ3n) is 6.40. The first kappa shape index (κ1) is 20.7. The molecule has 0 atom stereocenters. The number of nitriles is 1. The highest BCUT2D eigenvalue weighted by atomic mass is 16.1. The van der Waals surface area contributed by atoms with E-state index < -0.39 is 17.0 Å². The van der Waals surface area contributed by atoms with Crippen molar-refractivity contribution in [3.8, 4) is 17.3 Å². The molecule has 0 bridgehead atoms. The van der Waals surface area contributed by atoms with Crippen LogP contribution < -0.4 is 5.73 Å². The molecule has 0 spiro atoms. The maximum Gasteiger partial charge on any atom is 0.268 e. The number of nitrogens with two attached hydrogens (primary N) is 1. The highest BCUT2D eigenvalue weighted by Crippen LogP contribution is 2.41. The lowest BCUT2D eigenvalue weighted by Crippen LogP contribution is -2.67. The molecule has 1 aliphatic heterocycles. The summed E-state index contributed by atoms with van der Waals surface area (Å²) < 4.78 is 1.88. The first-order valence-electron chi connectivity index (χ1n) is 10.4. The van der Waals surface area contributed by atoms with Crippen LogP contribution in [0.3, 0.4) is 0 Å². The van der Waals surface area contributed by atoms with Crippen LogP contribution in [0.1, 0.15) is 36.5 Å². The van der Waals surface area contributed by atoms with E-state index in [0.29, 0.717) is 19.5 Å². The predicted octanol–water partition coefficient (Wildman–Crippen LogP) is 1.57. The smallest absolute Gasteiger partial charge is 0.268 e. The zero-order valence-corrected chi connectivity index (χ0v) is 18.2. The molecule has 0 aliphatic carbocycles. The molecule has 4 aromatic heterocycles. The molecule has 11 heteroatoms. The molecule has 5 rings (SSSR count). The van der Waals surface area contributed by atoms with Crippen molar-refractivity contribution in [2.75, 3.05) is 13.1 Å². The number of hydrogen-bond donors (Lipinski definition) is 2. The lowest BCUT2D eigenvalue weighted by Gasteiger charge is -2.55. The second-order valence-electron chi connectivity index (χ2n) is 8.76. The van der Waals surface area contributed by atoms with E-state index in [1.165, 1.54) is 12.5 Å². The standard InChI is InChI=1S/C22H22N10O/c1-21(2,17-9-26-16(8-27-17)19(24)33)31-11-22(12-31,4-5-23)32-10-14(7-30-32)18-15-3-6-25-20(15)29-13-28-18/h3,6-10,13H,4,11-12H2,1-2H3,(H2,24,33)(H,25,28,29). The number of carbonyl (C=O) groups is 1. The molecule has 33 heavy (non-hydrogen) atoms. The fraction of sp³-hybridized carbons (Fsp3) is 0.318. The minimum absolute atomic E-state index is 0.127. The summed E-state index contributed by atoms with van der Waals surface area (Å²) in [5.41, 5.74) is 7.62. The van der Waals surface area contributed by atoms with Crippen LogP contribution >= 0.6 is 0 Å². The van der Waals surface area contributed by atoms with Crippen molar-refractivity contribution < 1.29 is 4.79 Å². The van der Waals surface area contributed by atoms with Gasteiger partial charge in [0.1, 0.15) is 23.2 Å². The number of carbonyl (C=O) groups excluding carboxylic acids is 1. The van der Waals surface area contributed by atoms with Crippen LogP contribution in [0.4, 0.5) is 0 Å². The Balaban J connectivity index is 1.41. The van der Waals surface area contributed by atoms with Crippen LogP contribution in [0.5, 0.6) is 0 Å². The van der Waals surface area contributed by atoms with Crippen molar-refractivity contribution in [3.63, 3.8) is 0 Å². The van der Waals surface area contributed by atoms with Gasteiger partial charge in [-0.2, -0.15) is 10.4 Å². The van der Waals surface area contributed by atoms with Gasteiger partial charge >= 0.3 is 0 Å². The Morgan fingerprint density at radius 1 is 1.24 bits per heavy atom. The van der Waals surface area contributed by atoms with Gasteiger partial charge in [0.15, 0.2) is 0 Å². The molecule has 5 heterocycles. The third-order valence-corrected chi connectivity index (χ3v) is 6.40. The van der Waals surface area contributed by atoms with Crippen LogP contribution in [-0.2, 0) is 11.1 Å². The zero-order chi connectivity index (χ0) is 23.2. The van der Waals surface area contributed by atoms with E-state index in [2.05, 4.69) is 41.0 Å². The van der Waals surface area contributed by atoms with Gasteiger partial charge in [-0.05, 0) is 19.9 Å². The topological polar surface area (TPSA) is 155 Å². The van der Waals surface area contributed by atoms with E-state index in [-0.39, 0.29) is 5.69 Å². The van der Waals surface area contributed by atoms with Gasteiger partial charge in [0.05, 0.1) is 48.0 Å². The van der Waals surface area contributed by atoms with Gasteiger partial charge in [0, 0.05) is 36.4 Å². The minimum atomic E-state index is -0.612. The summed E-state index contributed by atoms with van der Waals surface area (Å²) in [5, 5.41) is 15.1. The van der Waals surface area contributed by atoms with Gasteiger partial charge in [-0.25, -0.2) is 15.0 Å². The van der Waals surface area contributed by atoms with E-state index in [1.54, 1.807) is 12.4 Å². The van der Waals surface area contributed by atoms with Gasteiger partial charge in [0.2, 0.25) is 0 Å². The molecule has 0 saturated carbocycles. The zero-order valence-electron chi connectivity index (χ0n) is 18.2. The Bertz CT molecular complexity index is 1370. The predicted molar refractivity (Wildman–Crippen MR) is 118 cm³/mol. The maximum atomic E-state index is 11.3. The van der Waals surface area contributed by atoms with Gasteiger partial charge in [-0.1, -0.05) is 0 Å². The number of fused-ring (bicyclic) bond motifs is 1. The lowest BCUT2D eigenvalue weighted by atomic mass is 9.81. The number of aromatic nitrogens is 7. The summed E-state index contributed by atoms with van der Waals surface area (Å²) in [4.78, 5) is 33.8. The van der Waals surface area contributed by atoms with Crippen LogP contribution in [-0.4, -0.2) is 58.6 Å². The van der Waals surface area contributed by atoms with Crippen molar-refractivity contribution in [3.05, 3.63) is 54.8 Å². The largest absolute Gasteiger partial charge is 0.364 e. The van der Waals surface area contributed by atoms with Crippen LogP contribution in [0, 0.1) is 11.3 Å². The summed E-state index contributed by atoms with van der Waals surface area (Å²) in [6.07, 6.45) is 10.4. The normalized spacial score (nSPS) is 15.8. The summed E-state index contributed by atoms with van der Waals surface area (Å²) in [6.45, 7) is 5.29. The monoisotopic (exact) mass is 442 g/mol. The SMILES string of the molecule is CC(C)(c1cnc(C(N)=O)cn1)N1CC(CC#N)(n2cc(-c3ncnc4[nH]ccc34)cn2)C1. The summed E-state index contributed by atoms with van der Waals surface area (Å²) in [5.74, 6) is -0.612. The minimum Gasteiger partial charge on any atom is -0.364 e. The van der Waals surface area contributed by atoms with Crippen molar-refractivity contribution in [2.24, 2.45) is 5.73 Å². The van der Waals surface area contributed by atoms with Gasteiger partial charge in [0.25, 0.3) is 5.91 Å². The number of nitrogens with zero attached hydrogens (tertiary/aromatic N) is 8. The van der Waals surface area contributed by atoms with E-state index in [0.717, 1.165) is 28.0 Å². The Kier molecular flexibility index (Phi) is 4.68. The van der Waals surface area contributed by atoms with Crippen molar-refractivity contribution in [2.45, 2.75) is 31.3 Å². The molecule has 3 N–H and O–H groups in total. The van der Waals surface area contributed by atoms with E-state index in [9.17, 15) is 10.1 Å². The van der Waals surface area contributed by atoms with Gasteiger partial charge in [-0.15, -0.1) is 0 Å². The molecule has 11 nitrogen and oxygen atoms in total. The Morgan fingerprint density at radius 2 is 2.06 bits per heavy atom. The van der Waals surface area contributed by atoms with Crippen molar-refractivity contribution in [1.29, 1.82) is 5.26 Å². The summed E-state index contributed by atoms with van der Waals surface area (Å²) in [7, 11) is 0. The van der Waals surface area contributed by atoms with E-state index >= 15 is 0 Å². The molecular formula is C22H22N10O. The number of H-pyrrole nitrogens is 1. The lowest BCUT2D eigenvalue weighted by molar-refractivity contribution is -0.0646. The number of primary amides is 1. The first-order valence-corrected chi connectivity index (χ1v) is 10.4. The molecule has 0 radical (unpaired) electrons. The number of hydrogen-bond acceptors (Lipinski definition) is 8. The Labute approximate surface area is 189 Å². The number of amides is 1. The van der Waals surface area contributed by atoms with E-state index in [4.69, 9.17) is 5.73 Å². The first-order chi connectivity index (χ1) is 15.8. The van der Waals surface area contributed by atoms with Crippen LogP contribution in [0.2, 0.25) is 0 Å². The van der Waals surface area contributed by atoms with E-state index in [1.807, 2.05) is 37.0 Å². The molecule has 4 aromatic rings. The number of nitrogens with one attached hydrogen (secondary N) is 1. The van der Waals surface area contributed by atoms with Crippen molar-refractivity contribution >= 4 is 16.9 Å². The van der Waals surface area contributed by atoms with Gasteiger partial charge < -0.3 is 10.7 Å². The molecule has 1 fully saturated rings. The summed E-state index contributed by atoms with van der Waals surface area (Å²) >= 11 is 0. The molecule has 0 aromatic carbocycles. The summed E-state index contributed by atoms with van der Waals surface area (Å²) in [6, 6.07) is 4.25. The van der Waals surface area contributed by atoms with Crippen LogP contribution in [0.25, 0.3) is 22.3 Å². The average molecular weight is 442 g/mol. The molecule has 166 valence electrons. The Morgan fingerprint density at radius 3 is 2.76 bits per heavy atom. The number of likely N-dealkylation sites (tertiary alicyclic amines) is 1. The van der Waals surface area contributed by atoms with Gasteiger partial charge in [-0.3, -0.25) is 19.4 Å².